The van der Waals surface area contributed by atoms with Gasteiger partial charge in [-0.1, -0.05) is 6.07 Å². The van der Waals surface area contributed by atoms with Crippen LogP contribution in [0.1, 0.15) is 0 Å². The number of aromatic nitrogens is 3. The number of rotatable bonds is 4. The second-order valence-electron chi connectivity index (χ2n) is 5.34. The summed E-state index contributed by atoms with van der Waals surface area (Å²) in [6.07, 6.45) is 6.67. The third-order valence-electron chi connectivity index (χ3n) is 3.15. The summed E-state index contributed by atoms with van der Waals surface area (Å²) in [6.45, 7) is 0. The average Bonchev–Trinajstić information content (AvgIpc) is 2.64. The van der Waals surface area contributed by atoms with E-state index in [-0.39, 0.29) is 10.8 Å². The number of nitrogen functional groups attached to an aromatic ring is 1. The number of hydrogen-bond donors (Lipinski definition) is 1. The molecule has 0 spiro atoms. The fraction of sp³-hybridized carbons (Fsp3) is 0.118. The van der Waals surface area contributed by atoms with Crippen molar-refractivity contribution in [3.05, 3.63) is 72.0 Å². The first-order valence-corrected chi connectivity index (χ1v) is 9.06. The molecule has 136 valence electrons. The Morgan fingerprint density at radius 2 is 1.58 bits per heavy atom. The lowest BCUT2D eigenvalue weighted by atomic mass is 10.3. The quantitative estimate of drug-likeness (QED) is 0.700. The summed E-state index contributed by atoms with van der Waals surface area (Å²) in [6, 6.07) is 11.4. The highest BCUT2D eigenvalue weighted by Crippen LogP contribution is 2.23. The summed E-state index contributed by atoms with van der Waals surface area (Å²) < 4.78 is 27.2. The van der Waals surface area contributed by atoms with Crippen LogP contribution in [0.25, 0.3) is 4.72 Å². The van der Waals surface area contributed by atoms with Crippen molar-refractivity contribution < 1.29 is 13.4 Å². The maximum absolute atomic E-state index is 11.8. The number of H-pyrrole nitrogens is 1. The molecule has 0 radical (unpaired) electrons. The van der Waals surface area contributed by atoms with Crippen LogP contribution < -0.4 is 15.6 Å². The van der Waals surface area contributed by atoms with E-state index < -0.39 is 10.0 Å². The van der Waals surface area contributed by atoms with E-state index >= 15 is 0 Å². The summed E-state index contributed by atoms with van der Waals surface area (Å²) in [5.41, 5.74) is 7.17. The van der Waals surface area contributed by atoms with Gasteiger partial charge in [-0.15, -0.1) is 0 Å². The van der Waals surface area contributed by atoms with Crippen LogP contribution in [0, 0.1) is 0 Å². The minimum atomic E-state index is -3.79. The van der Waals surface area contributed by atoms with E-state index in [0.29, 0.717) is 5.69 Å². The Labute approximate surface area is 152 Å². The maximum atomic E-state index is 11.8. The molecule has 0 unspecified atom stereocenters. The van der Waals surface area contributed by atoms with Crippen molar-refractivity contribution in [2.24, 2.45) is 0 Å². The van der Waals surface area contributed by atoms with Crippen LogP contribution in [0.5, 0.6) is 0 Å². The van der Waals surface area contributed by atoms with Gasteiger partial charge in [-0.3, -0.25) is 4.72 Å². The second-order valence-corrected chi connectivity index (χ2v) is 6.94. The number of nitrogens with one attached hydrogen (secondary N) is 1. The van der Waals surface area contributed by atoms with E-state index in [9.17, 15) is 8.42 Å². The third kappa shape index (κ3) is 5.71. The molecule has 8 nitrogen and oxygen atoms in total. The molecule has 3 aromatic rings. The van der Waals surface area contributed by atoms with Crippen molar-refractivity contribution in [2.45, 2.75) is 4.90 Å². The van der Waals surface area contributed by atoms with Crippen molar-refractivity contribution >= 4 is 27.3 Å². The molecule has 9 heteroatoms. The summed E-state index contributed by atoms with van der Waals surface area (Å²) in [5, 5.41) is 0. The molecule has 0 amide bonds. The molecule has 0 saturated carbocycles. The van der Waals surface area contributed by atoms with Crippen LogP contribution in [0.15, 0.2) is 72.1 Å². The van der Waals surface area contributed by atoms with Crippen LogP contribution in [-0.2, 0) is 10.0 Å². The Morgan fingerprint density at radius 3 is 2.08 bits per heavy atom. The van der Waals surface area contributed by atoms with E-state index in [2.05, 4.69) is 24.6 Å². The van der Waals surface area contributed by atoms with E-state index in [1.54, 1.807) is 6.07 Å². The third-order valence-corrected chi connectivity index (χ3v) is 4.42. The number of aromatic amines is 1. The molecule has 2 aromatic heterocycles. The fourth-order valence-corrected chi connectivity index (χ4v) is 2.71. The van der Waals surface area contributed by atoms with Gasteiger partial charge in [-0.2, -0.15) is 0 Å². The molecule has 26 heavy (non-hydrogen) atoms. The molecule has 3 N–H and O–H groups in total. The Bertz CT molecular complexity index is 901. The number of sulfonamides is 1. The molecular weight excluding hydrogens is 352 g/mol. The van der Waals surface area contributed by atoms with Gasteiger partial charge in [0.25, 0.3) is 0 Å². The molecule has 1 aromatic carbocycles. The number of anilines is 2. The van der Waals surface area contributed by atoms with Gasteiger partial charge in [0.2, 0.25) is 10.0 Å². The maximum Gasteiger partial charge on any atom is 0.229 e. The first-order chi connectivity index (χ1) is 12.4. The van der Waals surface area contributed by atoms with E-state index in [1.165, 1.54) is 42.3 Å². The van der Waals surface area contributed by atoms with Crippen LogP contribution in [0.3, 0.4) is 0 Å². The highest BCUT2D eigenvalue weighted by molar-refractivity contribution is 7.94. The van der Waals surface area contributed by atoms with Crippen molar-refractivity contribution in [2.75, 3.05) is 24.7 Å². The molecular formula is C17H20N6O2S. The van der Waals surface area contributed by atoms with Gasteiger partial charge in [0.05, 0.1) is 4.90 Å². The summed E-state index contributed by atoms with van der Waals surface area (Å²) >= 11 is 0. The van der Waals surface area contributed by atoms with Crippen molar-refractivity contribution in [1.82, 2.24) is 9.97 Å². The lowest BCUT2D eigenvalue weighted by Gasteiger charge is -2.11. The molecule has 3 rings (SSSR count). The average molecular weight is 372 g/mol. The first-order valence-electron chi connectivity index (χ1n) is 7.62. The zero-order valence-corrected chi connectivity index (χ0v) is 15.3. The topological polar surface area (TPSA) is 117 Å². The predicted octanol–water partition coefficient (Wildman–Crippen LogP) is 2.02. The van der Waals surface area contributed by atoms with Gasteiger partial charge < -0.3 is 20.6 Å². The van der Waals surface area contributed by atoms with Gasteiger partial charge in [0.1, 0.15) is 0 Å². The number of nitrogens with zero attached hydrogens (tertiary/aromatic N) is 4. The van der Waals surface area contributed by atoms with Gasteiger partial charge in [-0.25, -0.2) is 13.4 Å². The standard InChI is InChI=1S/C10H9N4O2S.C7H10N2/c11-8-2-4-9(5-3-8)17(15,16)14-10-12-6-1-7-13-10;1-9(2)7-3-5-8-6-4-7/h1-7H,11H2;3-6H,1-2H3/q-1;/p+1. The SMILES string of the molecule is CN(C)c1cc[nH+]cc1.Nc1ccc(S(=O)(=O)[N-]c2ncccn2)cc1. The number of nitrogens with two attached hydrogens (primary N) is 1. The smallest absolute Gasteiger partial charge is 0.229 e. The molecule has 0 aliphatic heterocycles. The lowest BCUT2D eigenvalue weighted by Crippen LogP contribution is -2.10. The molecule has 0 aliphatic rings. The minimum absolute atomic E-state index is 0.0548. The van der Waals surface area contributed by atoms with Crippen LogP contribution in [-0.4, -0.2) is 32.5 Å². The predicted molar refractivity (Wildman–Crippen MR) is 100 cm³/mol. The van der Waals surface area contributed by atoms with Crippen LogP contribution >= 0.6 is 0 Å². The Balaban J connectivity index is 0.000000228. The monoisotopic (exact) mass is 372 g/mol. The minimum Gasteiger partial charge on any atom is -0.399 e. The van der Waals surface area contributed by atoms with E-state index in [0.717, 1.165) is 0 Å². The highest BCUT2D eigenvalue weighted by Gasteiger charge is 2.10. The number of pyridine rings is 1. The molecule has 0 aliphatic carbocycles. The van der Waals surface area contributed by atoms with E-state index in [1.807, 2.05) is 38.6 Å². The lowest BCUT2D eigenvalue weighted by molar-refractivity contribution is -0.377. The summed E-state index contributed by atoms with van der Waals surface area (Å²) in [4.78, 5) is 12.5. The Hall–Kier alpha value is -3.20. The van der Waals surface area contributed by atoms with Crippen molar-refractivity contribution in [1.29, 1.82) is 0 Å². The fourth-order valence-electron chi connectivity index (χ4n) is 1.81. The second kappa shape index (κ2) is 8.77. The first kappa shape index (κ1) is 19.1. The van der Waals surface area contributed by atoms with Gasteiger partial charge in [0, 0.05) is 43.6 Å². The van der Waals surface area contributed by atoms with E-state index in [4.69, 9.17) is 5.73 Å². The van der Waals surface area contributed by atoms with Gasteiger partial charge >= 0.3 is 0 Å². The molecule has 0 fully saturated rings. The summed E-state index contributed by atoms with van der Waals surface area (Å²) in [7, 11) is 0.261. The Kier molecular flexibility index (Phi) is 6.45. The zero-order valence-electron chi connectivity index (χ0n) is 14.4. The molecule has 0 saturated heterocycles. The Morgan fingerprint density at radius 1 is 1.00 bits per heavy atom. The molecule has 2 heterocycles. The van der Waals surface area contributed by atoms with Crippen molar-refractivity contribution in [3.8, 4) is 0 Å². The number of hydrogen-bond acceptors (Lipinski definition) is 6. The number of benzene rings is 1. The zero-order chi connectivity index (χ0) is 19.0. The normalized spacial score (nSPS) is 10.4. The molecule has 0 atom stereocenters. The highest BCUT2D eigenvalue weighted by atomic mass is 32.2. The van der Waals surface area contributed by atoms with Crippen molar-refractivity contribution in [3.63, 3.8) is 0 Å². The molecule has 0 bridgehead atoms. The summed E-state index contributed by atoms with van der Waals surface area (Å²) in [5.74, 6) is -0.0932. The van der Waals surface area contributed by atoms with Crippen LogP contribution in [0.2, 0.25) is 0 Å². The largest absolute Gasteiger partial charge is 0.399 e. The van der Waals surface area contributed by atoms with Gasteiger partial charge in [-0.05, 0) is 36.7 Å². The van der Waals surface area contributed by atoms with Gasteiger partial charge in [0.15, 0.2) is 12.4 Å². The van der Waals surface area contributed by atoms with Crippen LogP contribution in [0.4, 0.5) is 17.3 Å².